The Kier molecular flexibility index (Phi) is 4.09. The smallest absolute Gasteiger partial charge is 0.221 e. The molecule has 1 heterocycles. The maximum Gasteiger partial charge on any atom is 0.221 e. The summed E-state index contributed by atoms with van der Waals surface area (Å²) in [5.41, 5.74) is 1.04. The lowest BCUT2D eigenvalue weighted by atomic mass is 10.1. The number of rotatable bonds is 3. The molecule has 2 rings (SSSR count). The van der Waals surface area contributed by atoms with Crippen molar-refractivity contribution in [3.8, 4) is 0 Å². The van der Waals surface area contributed by atoms with Crippen molar-refractivity contribution < 1.29 is 9.18 Å². The highest BCUT2D eigenvalue weighted by atomic mass is 19.1. The SMILES string of the molecule is O=C1CC(NCc2ccc(F)cc2)CCCN1. The van der Waals surface area contributed by atoms with Crippen LogP contribution in [0.1, 0.15) is 24.8 Å². The van der Waals surface area contributed by atoms with Crippen LogP contribution in [0.3, 0.4) is 0 Å². The van der Waals surface area contributed by atoms with Crippen molar-refractivity contribution in [2.75, 3.05) is 6.54 Å². The van der Waals surface area contributed by atoms with Gasteiger partial charge in [0.15, 0.2) is 0 Å². The van der Waals surface area contributed by atoms with E-state index in [1.54, 1.807) is 12.1 Å². The van der Waals surface area contributed by atoms with Crippen LogP contribution in [0.4, 0.5) is 4.39 Å². The molecule has 17 heavy (non-hydrogen) atoms. The van der Waals surface area contributed by atoms with Gasteiger partial charge < -0.3 is 10.6 Å². The van der Waals surface area contributed by atoms with Crippen LogP contribution in [0.15, 0.2) is 24.3 Å². The number of amides is 1. The van der Waals surface area contributed by atoms with Crippen LogP contribution in [0.2, 0.25) is 0 Å². The van der Waals surface area contributed by atoms with E-state index in [9.17, 15) is 9.18 Å². The molecule has 1 amide bonds. The minimum atomic E-state index is -0.220. The third-order valence-electron chi connectivity index (χ3n) is 2.99. The van der Waals surface area contributed by atoms with Gasteiger partial charge in [0, 0.05) is 25.6 Å². The zero-order valence-electron chi connectivity index (χ0n) is 9.71. The van der Waals surface area contributed by atoms with Gasteiger partial charge in [0.2, 0.25) is 5.91 Å². The van der Waals surface area contributed by atoms with Crippen LogP contribution in [-0.4, -0.2) is 18.5 Å². The summed E-state index contributed by atoms with van der Waals surface area (Å²) in [6.07, 6.45) is 2.54. The highest BCUT2D eigenvalue weighted by molar-refractivity contribution is 5.76. The standard InChI is InChI=1S/C13H17FN2O/c14-11-5-3-10(4-6-11)9-16-12-2-1-7-15-13(17)8-12/h3-6,12,16H,1-2,7-9H2,(H,15,17). The van der Waals surface area contributed by atoms with Crippen molar-refractivity contribution in [2.45, 2.75) is 31.8 Å². The Labute approximate surface area is 100 Å². The van der Waals surface area contributed by atoms with Crippen LogP contribution >= 0.6 is 0 Å². The molecule has 1 aliphatic rings. The minimum Gasteiger partial charge on any atom is -0.356 e. The van der Waals surface area contributed by atoms with Gasteiger partial charge in [0.25, 0.3) is 0 Å². The molecule has 0 radical (unpaired) electrons. The predicted molar refractivity (Wildman–Crippen MR) is 63.9 cm³/mol. The highest BCUT2D eigenvalue weighted by Gasteiger charge is 2.16. The number of carbonyl (C=O) groups is 1. The molecule has 0 aromatic heterocycles. The van der Waals surface area contributed by atoms with E-state index in [4.69, 9.17) is 0 Å². The van der Waals surface area contributed by atoms with E-state index in [0.717, 1.165) is 24.9 Å². The summed E-state index contributed by atoms with van der Waals surface area (Å²) in [6, 6.07) is 6.66. The predicted octanol–water partition coefficient (Wildman–Crippen LogP) is 1.58. The summed E-state index contributed by atoms with van der Waals surface area (Å²) in [5.74, 6) is -0.110. The number of benzene rings is 1. The fraction of sp³-hybridized carbons (Fsp3) is 0.462. The molecule has 1 aromatic rings. The lowest BCUT2D eigenvalue weighted by molar-refractivity contribution is -0.121. The third-order valence-corrected chi connectivity index (χ3v) is 2.99. The van der Waals surface area contributed by atoms with Crippen molar-refractivity contribution in [3.05, 3.63) is 35.6 Å². The van der Waals surface area contributed by atoms with Crippen LogP contribution in [0.5, 0.6) is 0 Å². The molecule has 0 spiro atoms. The van der Waals surface area contributed by atoms with Crippen molar-refractivity contribution in [2.24, 2.45) is 0 Å². The van der Waals surface area contributed by atoms with Crippen molar-refractivity contribution in [1.29, 1.82) is 0 Å². The van der Waals surface area contributed by atoms with E-state index >= 15 is 0 Å². The number of hydrogen-bond acceptors (Lipinski definition) is 2. The van der Waals surface area contributed by atoms with E-state index in [-0.39, 0.29) is 17.8 Å². The highest BCUT2D eigenvalue weighted by Crippen LogP contribution is 2.08. The van der Waals surface area contributed by atoms with Gasteiger partial charge in [-0.25, -0.2) is 4.39 Å². The van der Waals surface area contributed by atoms with Gasteiger partial charge >= 0.3 is 0 Å². The molecule has 1 saturated heterocycles. The second-order valence-electron chi connectivity index (χ2n) is 4.40. The topological polar surface area (TPSA) is 41.1 Å². The summed E-state index contributed by atoms with van der Waals surface area (Å²) in [4.78, 5) is 11.3. The van der Waals surface area contributed by atoms with Crippen molar-refractivity contribution >= 4 is 5.91 Å². The van der Waals surface area contributed by atoms with Crippen LogP contribution < -0.4 is 10.6 Å². The molecule has 0 bridgehead atoms. The Hall–Kier alpha value is -1.42. The average molecular weight is 236 g/mol. The molecule has 1 fully saturated rings. The fourth-order valence-electron chi connectivity index (χ4n) is 2.01. The molecule has 3 nitrogen and oxygen atoms in total. The van der Waals surface area contributed by atoms with E-state index in [0.29, 0.717) is 13.0 Å². The first-order valence-electron chi connectivity index (χ1n) is 5.98. The second-order valence-corrected chi connectivity index (χ2v) is 4.40. The zero-order valence-corrected chi connectivity index (χ0v) is 9.71. The Balaban J connectivity index is 1.84. The van der Waals surface area contributed by atoms with Crippen molar-refractivity contribution in [1.82, 2.24) is 10.6 Å². The molecule has 1 unspecified atom stereocenters. The first kappa shape index (κ1) is 12.0. The lowest BCUT2D eigenvalue weighted by Crippen LogP contribution is -2.32. The number of hydrogen-bond donors (Lipinski definition) is 2. The molecular formula is C13H17FN2O. The van der Waals surface area contributed by atoms with Crippen LogP contribution in [0.25, 0.3) is 0 Å². The minimum absolute atomic E-state index is 0.110. The Bertz CT molecular complexity index is 378. The molecule has 0 aliphatic carbocycles. The molecule has 1 aliphatic heterocycles. The first-order chi connectivity index (χ1) is 8.24. The fourth-order valence-corrected chi connectivity index (χ4v) is 2.01. The van der Waals surface area contributed by atoms with Crippen molar-refractivity contribution in [3.63, 3.8) is 0 Å². The Morgan fingerprint density at radius 2 is 2.12 bits per heavy atom. The van der Waals surface area contributed by atoms with Crippen LogP contribution in [0, 0.1) is 5.82 Å². The van der Waals surface area contributed by atoms with Crippen LogP contribution in [-0.2, 0) is 11.3 Å². The van der Waals surface area contributed by atoms with E-state index in [1.807, 2.05) is 0 Å². The third kappa shape index (κ3) is 3.82. The van der Waals surface area contributed by atoms with E-state index < -0.39 is 0 Å². The summed E-state index contributed by atoms with van der Waals surface area (Å²) in [6.45, 7) is 1.45. The lowest BCUT2D eigenvalue weighted by Gasteiger charge is -2.14. The molecule has 1 atom stereocenters. The average Bonchev–Trinajstić information content (AvgIpc) is 2.53. The number of halogens is 1. The Morgan fingerprint density at radius 3 is 2.88 bits per heavy atom. The van der Waals surface area contributed by atoms with Gasteiger partial charge in [-0.05, 0) is 30.5 Å². The summed E-state index contributed by atoms with van der Waals surface area (Å²) < 4.78 is 12.7. The molecular weight excluding hydrogens is 219 g/mol. The van der Waals surface area contributed by atoms with Gasteiger partial charge in [-0.15, -0.1) is 0 Å². The van der Waals surface area contributed by atoms with Gasteiger partial charge in [0.05, 0.1) is 0 Å². The summed E-state index contributed by atoms with van der Waals surface area (Å²) in [5, 5.41) is 6.20. The Morgan fingerprint density at radius 1 is 1.35 bits per heavy atom. The molecule has 0 saturated carbocycles. The summed E-state index contributed by atoms with van der Waals surface area (Å²) in [7, 11) is 0. The largest absolute Gasteiger partial charge is 0.356 e. The molecule has 2 N–H and O–H groups in total. The second kappa shape index (κ2) is 5.77. The quantitative estimate of drug-likeness (QED) is 0.836. The first-order valence-corrected chi connectivity index (χ1v) is 5.98. The monoisotopic (exact) mass is 236 g/mol. The number of nitrogens with one attached hydrogen (secondary N) is 2. The summed E-state index contributed by atoms with van der Waals surface area (Å²) >= 11 is 0. The van der Waals surface area contributed by atoms with E-state index in [2.05, 4.69) is 10.6 Å². The molecule has 1 aromatic carbocycles. The van der Waals surface area contributed by atoms with Gasteiger partial charge in [-0.3, -0.25) is 4.79 Å². The van der Waals surface area contributed by atoms with E-state index in [1.165, 1.54) is 12.1 Å². The molecule has 4 heteroatoms. The normalized spacial score (nSPS) is 20.8. The van der Waals surface area contributed by atoms with Gasteiger partial charge in [-0.2, -0.15) is 0 Å². The van der Waals surface area contributed by atoms with Gasteiger partial charge in [-0.1, -0.05) is 12.1 Å². The zero-order chi connectivity index (χ0) is 12.1. The van der Waals surface area contributed by atoms with Gasteiger partial charge in [0.1, 0.15) is 5.82 Å². The number of carbonyl (C=O) groups excluding carboxylic acids is 1. The molecule has 92 valence electrons. The maximum absolute atomic E-state index is 12.7. The maximum atomic E-state index is 12.7.